The number of carbonyl (C=O) groups is 2. The normalized spacial score (nSPS) is 15.8. The highest BCUT2D eigenvalue weighted by Gasteiger charge is 2.25. The smallest absolute Gasteiger partial charge is 0.307 e. The number of urea groups is 2. The Bertz CT molecular complexity index is 2290. The van der Waals surface area contributed by atoms with E-state index in [0.29, 0.717) is 45.2 Å². The van der Waals surface area contributed by atoms with Crippen molar-refractivity contribution in [1.82, 2.24) is 38.8 Å². The summed E-state index contributed by atoms with van der Waals surface area (Å²) in [5.74, 6) is -0.754. The fraction of sp³-hybridized carbons (Fsp3) is 0.524. The lowest BCUT2D eigenvalue weighted by Crippen LogP contribution is -2.36. The van der Waals surface area contributed by atoms with Crippen LogP contribution >= 0.6 is 0 Å². The molecule has 2 aliphatic heterocycles. The molecule has 4 aromatic rings. The minimum Gasteiger partial charge on any atom is -0.307 e. The van der Waals surface area contributed by atoms with Gasteiger partial charge in [0.2, 0.25) is 0 Å². The summed E-state index contributed by atoms with van der Waals surface area (Å²) in [6.45, 7) is 20.9. The number of anilines is 2. The van der Waals surface area contributed by atoms with Crippen LogP contribution in [0.2, 0.25) is 0 Å². The van der Waals surface area contributed by atoms with Gasteiger partial charge in [-0.05, 0) is 121 Å². The molecule has 0 aliphatic carbocycles. The molecular weight excluding hydrogens is 825 g/mol. The van der Waals surface area contributed by atoms with Gasteiger partial charge < -0.3 is 10.6 Å². The van der Waals surface area contributed by atoms with E-state index in [1.54, 1.807) is 35.6 Å². The Morgan fingerprint density at radius 3 is 1.48 bits per heavy atom. The number of aryl methyl sites for hydroxylation is 2. The van der Waals surface area contributed by atoms with Crippen molar-refractivity contribution in [3.8, 4) is 0 Å². The van der Waals surface area contributed by atoms with E-state index in [-0.39, 0.29) is 40.3 Å². The number of amides is 4. The number of hydrogen-bond acceptors (Lipinski definition) is 9. The molecule has 2 fully saturated rings. The second-order valence-electron chi connectivity index (χ2n) is 16.9. The largest absolute Gasteiger partial charge is 0.332 e. The van der Waals surface area contributed by atoms with E-state index in [0.717, 1.165) is 50.5 Å². The van der Waals surface area contributed by atoms with Crippen LogP contribution in [-0.2, 0) is 48.1 Å². The van der Waals surface area contributed by atoms with E-state index >= 15 is 0 Å². The van der Waals surface area contributed by atoms with Gasteiger partial charge >= 0.3 is 12.1 Å². The highest BCUT2D eigenvalue weighted by atomic mass is 32.2. The summed E-state index contributed by atoms with van der Waals surface area (Å²) in [5.41, 5.74) is 5.52. The first-order chi connectivity index (χ1) is 28.6. The maximum absolute atomic E-state index is 14.1. The number of nitrogens with one attached hydrogen (secondary N) is 5. The van der Waals surface area contributed by atoms with Crippen molar-refractivity contribution in [2.24, 2.45) is 14.1 Å². The highest BCUT2D eigenvalue weighted by Crippen LogP contribution is 2.35. The first kappa shape index (κ1) is 47.3. The third kappa shape index (κ3) is 12.0. The molecule has 15 nitrogen and oxygen atoms in total. The Morgan fingerprint density at radius 2 is 1.08 bits per heavy atom. The number of rotatable bonds is 14. The summed E-state index contributed by atoms with van der Waals surface area (Å²) >= 11 is 0. The van der Waals surface area contributed by atoms with Crippen LogP contribution in [0.25, 0.3) is 0 Å². The molecule has 4 amide bonds. The Hall–Kier alpha value is -4.72. The molecule has 0 saturated carbocycles. The first-order valence-electron chi connectivity index (χ1n) is 20.7. The monoisotopic (exact) mass is 885 g/mol. The molecule has 2 aliphatic rings. The zero-order valence-corrected chi connectivity index (χ0v) is 38.5. The summed E-state index contributed by atoms with van der Waals surface area (Å²) in [6, 6.07) is 7.62. The highest BCUT2D eigenvalue weighted by molar-refractivity contribution is 7.91. The van der Waals surface area contributed by atoms with Crippen molar-refractivity contribution in [3.63, 3.8) is 0 Å². The molecule has 61 heavy (non-hydrogen) atoms. The molecule has 4 heterocycles. The lowest BCUT2D eigenvalue weighted by Gasteiger charge is -2.30. The molecule has 0 spiro atoms. The van der Waals surface area contributed by atoms with Gasteiger partial charge in [0.15, 0.2) is 31.0 Å². The van der Waals surface area contributed by atoms with Gasteiger partial charge in [-0.15, -0.1) is 0 Å². The number of likely N-dealkylation sites (tertiary alicyclic amines) is 2. The van der Waals surface area contributed by atoms with E-state index in [1.165, 1.54) is 30.7 Å². The fourth-order valence-electron chi connectivity index (χ4n) is 7.03. The Balaban J connectivity index is 0.000000231. The average molecular weight is 886 g/mol. The molecule has 2 saturated heterocycles. The van der Waals surface area contributed by atoms with Gasteiger partial charge in [-0.1, -0.05) is 55.4 Å². The number of halogens is 2. The van der Waals surface area contributed by atoms with Crippen LogP contribution in [0.4, 0.5) is 29.7 Å². The zero-order chi connectivity index (χ0) is 44.9. The molecule has 2 aromatic carbocycles. The van der Waals surface area contributed by atoms with Crippen LogP contribution in [-0.4, -0.2) is 76.0 Å². The molecule has 19 heteroatoms. The summed E-state index contributed by atoms with van der Waals surface area (Å²) in [7, 11) is -1.93. The zero-order valence-electron chi connectivity index (χ0n) is 36.8. The summed E-state index contributed by atoms with van der Waals surface area (Å²) in [6.07, 6.45) is 2.35. The average Bonchev–Trinajstić information content (AvgIpc) is 3.70. The van der Waals surface area contributed by atoms with Gasteiger partial charge in [0, 0.05) is 38.6 Å². The maximum Gasteiger partial charge on any atom is 0.332 e. The van der Waals surface area contributed by atoms with Crippen molar-refractivity contribution >= 4 is 44.3 Å². The third-order valence-corrected chi connectivity index (χ3v) is 13.0. The molecule has 2 aromatic heterocycles. The minimum atomic E-state index is -3.67. The van der Waals surface area contributed by atoms with E-state index in [9.17, 15) is 26.8 Å². The van der Waals surface area contributed by atoms with Gasteiger partial charge in [0.1, 0.15) is 11.6 Å². The Morgan fingerprint density at radius 1 is 0.689 bits per heavy atom. The predicted octanol–water partition coefficient (Wildman–Crippen LogP) is 8.01. The molecule has 0 radical (unpaired) electrons. The van der Waals surface area contributed by atoms with Crippen LogP contribution < -0.4 is 20.1 Å². The van der Waals surface area contributed by atoms with E-state index in [4.69, 9.17) is 4.78 Å². The number of carbonyl (C=O) groups excluding carboxylic acids is 2. The first-order valence-corrected chi connectivity index (χ1v) is 23.4. The van der Waals surface area contributed by atoms with E-state index in [2.05, 4.69) is 40.1 Å². The van der Waals surface area contributed by atoms with Crippen molar-refractivity contribution in [2.75, 3.05) is 36.8 Å². The van der Waals surface area contributed by atoms with Crippen LogP contribution in [0.15, 0.2) is 46.5 Å². The van der Waals surface area contributed by atoms with Gasteiger partial charge in [-0.3, -0.25) is 23.9 Å². The molecule has 0 bridgehead atoms. The molecule has 334 valence electrons. The predicted molar refractivity (Wildman–Crippen MR) is 235 cm³/mol. The standard InChI is InChI=1S/C21H31FN6O2S.C21H30FN5O2S/c1-13(2)17-9-15(22)10-18(14(3)4)20(17)24-21(29)26-31(23,30)19-11-16(27(5)25-19)12-28-7-6-8-28;1-13(2)17-9-15(22)10-18(14(3)4)20(17)23-21(28)25-30(29)19-11-16(26(5)24-19)12-27-7-6-8-27/h9-11,13-14H,6-8,12H2,1-5H3,(H3,23,24,26,29,30);9-11,13-14H,6-8,12H2,1-5H3,(H2,23,25,28). The summed E-state index contributed by atoms with van der Waals surface area (Å²) < 4.78 is 70.0. The SMILES string of the molecule is CC(C)c1cc(F)cc(C(C)C)c1NC(=O)NS(=N)(=O)c1cc(CN2CCC2)n(C)n1.CC(C)c1cc(F)cc(C(C)C)c1NC(=O)NS(=O)c1cc(CN2CCC2)n(C)n1. The summed E-state index contributed by atoms with van der Waals surface area (Å²) in [4.78, 5) is 29.8. The van der Waals surface area contributed by atoms with Gasteiger partial charge in [0.05, 0.1) is 11.4 Å². The Labute approximate surface area is 361 Å². The lowest BCUT2D eigenvalue weighted by atomic mass is 9.92. The fourth-order valence-corrected chi connectivity index (χ4v) is 8.75. The van der Waals surface area contributed by atoms with Crippen LogP contribution in [0.5, 0.6) is 0 Å². The second kappa shape index (κ2) is 20.0. The molecular formula is C42H61F2N11O4S2. The number of benzene rings is 2. The van der Waals surface area contributed by atoms with Crippen molar-refractivity contribution < 1.29 is 26.8 Å². The Kier molecular flexibility index (Phi) is 15.5. The molecule has 6 rings (SSSR count). The molecule has 5 N–H and O–H groups in total. The van der Waals surface area contributed by atoms with Crippen LogP contribution in [0, 0.1) is 16.4 Å². The van der Waals surface area contributed by atoms with Crippen molar-refractivity contribution in [3.05, 3.63) is 81.7 Å². The van der Waals surface area contributed by atoms with Gasteiger partial charge in [0.25, 0.3) is 0 Å². The maximum atomic E-state index is 14.1. The minimum absolute atomic E-state index is 0.00736. The topological polar surface area (TPSA) is 182 Å². The number of hydrogen-bond donors (Lipinski definition) is 5. The quantitative estimate of drug-likeness (QED) is 0.0844. The van der Waals surface area contributed by atoms with Crippen molar-refractivity contribution in [1.29, 1.82) is 4.78 Å². The van der Waals surface area contributed by atoms with Crippen LogP contribution in [0.1, 0.15) is 126 Å². The molecule has 2 atom stereocenters. The van der Waals surface area contributed by atoms with E-state index in [1.807, 2.05) is 55.4 Å². The summed E-state index contributed by atoms with van der Waals surface area (Å²) in [5, 5.41) is 14.3. The van der Waals surface area contributed by atoms with Gasteiger partial charge in [-0.25, -0.2) is 36.3 Å². The number of aromatic nitrogens is 4. The van der Waals surface area contributed by atoms with Crippen LogP contribution in [0.3, 0.4) is 0 Å². The lowest BCUT2D eigenvalue weighted by molar-refractivity contribution is 0.168. The third-order valence-electron chi connectivity index (χ3n) is 10.8. The molecule has 2 unspecified atom stereocenters. The van der Waals surface area contributed by atoms with E-state index < -0.39 is 33.0 Å². The van der Waals surface area contributed by atoms with Crippen molar-refractivity contribution in [2.45, 2.75) is 115 Å². The number of nitrogens with zero attached hydrogens (tertiary/aromatic N) is 6. The van der Waals surface area contributed by atoms with Gasteiger partial charge in [-0.2, -0.15) is 10.2 Å². The second-order valence-corrected chi connectivity index (χ2v) is 19.8.